The molecular formula is C26H21I2N3O2S. The maximum absolute atomic E-state index is 12.5. The summed E-state index contributed by atoms with van der Waals surface area (Å²) in [6.07, 6.45) is 2.90. The molecule has 1 aliphatic heterocycles. The summed E-state index contributed by atoms with van der Waals surface area (Å²) < 4.78 is 7.95. The molecule has 1 aliphatic rings. The molecule has 1 saturated heterocycles. The number of thioether (sulfide) groups is 1. The number of ether oxygens (including phenoxy) is 1. The summed E-state index contributed by atoms with van der Waals surface area (Å²) in [4.78, 5) is 13.2. The van der Waals surface area contributed by atoms with Crippen molar-refractivity contribution in [3.8, 4) is 11.8 Å². The first-order chi connectivity index (χ1) is 16.5. The lowest BCUT2D eigenvalue weighted by Crippen LogP contribution is -2.30. The minimum absolute atomic E-state index is 0.0915. The Morgan fingerprint density at radius 1 is 1.15 bits per heavy atom. The SMILES string of the molecule is CCc1ccc(N[C@H]2NC(=O)/C(=C/c3cc(I)c(OCc4ccccc4C#N)c(I)c3)S2)cc1. The number of carbonyl (C=O) groups excluding carboxylic acids is 1. The molecule has 3 aromatic rings. The van der Waals surface area contributed by atoms with Gasteiger partial charge in [0.1, 0.15) is 12.4 Å². The van der Waals surface area contributed by atoms with Gasteiger partial charge in [-0.1, -0.05) is 49.0 Å². The number of nitrogens with one attached hydrogen (secondary N) is 2. The Kier molecular flexibility index (Phi) is 8.39. The minimum atomic E-state index is -0.216. The summed E-state index contributed by atoms with van der Waals surface area (Å²) in [6, 6.07) is 21.9. The molecule has 2 N–H and O–H groups in total. The average Bonchev–Trinajstić information content (AvgIpc) is 3.17. The van der Waals surface area contributed by atoms with Crippen LogP contribution in [0.1, 0.15) is 29.2 Å². The van der Waals surface area contributed by atoms with Crippen molar-refractivity contribution in [1.82, 2.24) is 5.32 Å². The molecule has 0 aromatic heterocycles. The van der Waals surface area contributed by atoms with Gasteiger partial charge in [0.25, 0.3) is 5.91 Å². The van der Waals surface area contributed by atoms with Crippen molar-refractivity contribution in [2.45, 2.75) is 25.4 Å². The molecule has 1 atom stereocenters. The lowest BCUT2D eigenvalue weighted by molar-refractivity contribution is -0.116. The molecular weight excluding hydrogens is 672 g/mol. The van der Waals surface area contributed by atoms with Crippen molar-refractivity contribution in [2.75, 3.05) is 5.32 Å². The molecule has 4 rings (SSSR count). The van der Waals surface area contributed by atoms with E-state index in [2.05, 4.69) is 80.9 Å². The van der Waals surface area contributed by atoms with Crippen molar-refractivity contribution < 1.29 is 9.53 Å². The van der Waals surface area contributed by atoms with Crippen LogP contribution in [-0.2, 0) is 17.8 Å². The number of carbonyl (C=O) groups is 1. The molecule has 0 saturated carbocycles. The van der Waals surface area contributed by atoms with Crippen molar-refractivity contribution in [1.29, 1.82) is 5.26 Å². The smallest absolute Gasteiger partial charge is 0.260 e. The van der Waals surface area contributed by atoms with Crippen LogP contribution in [0.4, 0.5) is 5.69 Å². The number of anilines is 1. The van der Waals surface area contributed by atoms with Gasteiger partial charge in [-0.25, -0.2) is 0 Å². The molecule has 8 heteroatoms. The topological polar surface area (TPSA) is 74.2 Å². The van der Waals surface area contributed by atoms with Gasteiger partial charge >= 0.3 is 0 Å². The number of hydrogen-bond donors (Lipinski definition) is 2. The first kappa shape index (κ1) is 24.9. The van der Waals surface area contributed by atoms with Gasteiger partial charge < -0.3 is 15.4 Å². The van der Waals surface area contributed by atoms with Crippen LogP contribution in [0, 0.1) is 18.5 Å². The van der Waals surface area contributed by atoms with E-state index in [9.17, 15) is 10.1 Å². The number of aryl methyl sites for hydroxylation is 1. The zero-order valence-electron chi connectivity index (χ0n) is 18.3. The van der Waals surface area contributed by atoms with Crippen LogP contribution in [0.15, 0.2) is 65.6 Å². The number of nitrogens with zero attached hydrogens (tertiary/aromatic N) is 1. The largest absolute Gasteiger partial charge is 0.487 e. The Balaban J connectivity index is 1.45. The average molecular weight is 693 g/mol. The molecule has 1 amide bonds. The molecule has 3 aromatic carbocycles. The molecule has 0 spiro atoms. The second kappa shape index (κ2) is 11.5. The Bertz CT molecular complexity index is 1260. The predicted molar refractivity (Wildman–Crippen MR) is 154 cm³/mol. The van der Waals surface area contributed by atoms with E-state index in [1.807, 2.05) is 48.5 Å². The fraction of sp³-hybridized carbons (Fsp3) is 0.154. The number of nitriles is 1. The zero-order chi connectivity index (χ0) is 24.1. The molecule has 172 valence electrons. The first-order valence-corrected chi connectivity index (χ1v) is 13.6. The first-order valence-electron chi connectivity index (χ1n) is 10.6. The van der Waals surface area contributed by atoms with Gasteiger partial charge in [0, 0.05) is 11.3 Å². The molecule has 0 unspecified atom stereocenters. The molecule has 5 nitrogen and oxygen atoms in total. The van der Waals surface area contributed by atoms with Gasteiger partial charge in [-0.05, 0) is 99.1 Å². The van der Waals surface area contributed by atoms with Crippen molar-refractivity contribution in [3.63, 3.8) is 0 Å². The molecule has 0 radical (unpaired) electrons. The van der Waals surface area contributed by atoms with Crippen LogP contribution >= 0.6 is 56.9 Å². The van der Waals surface area contributed by atoms with Crippen molar-refractivity contribution in [2.24, 2.45) is 0 Å². The standard InChI is InChI=1S/C26H21I2N3O2S/c1-2-16-7-9-20(10-8-16)30-26-31-25(32)23(34-26)13-17-11-21(27)24(22(28)12-17)33-15-19-6-4-3-5-18(19)14-29/h3-13,26,30H,2,15H2,1H3,(H,31,32)/b23-13-/t26-/m0/s1. The summed E-state index contributed by atoms with van der Waals surface area (Å²) in [5, 5.41) is 15.6. The number of halogens is 2. The Labute approximate surface area is 230 Å². The van der Waals surface area contributed by atoms with E-state index in [1.54, 1.807) is 6.07 Å². The fourth-order valence-electron chi connectivity index (χ4n) is 3.41. The van der Waals surface area contributed by atoms with E-state index in [4.69, 9.17) is 4.74 Å². The molecule has 1 heterocycles. The highest BCUT2D eigenvalue weighted by atomic mass is 127. The third kappa shape index (κ3) is 6.06. The van der Waals surface area contributed by atoms with Crippen LogP contribution in [0.2, 0.25) is 0 Å². The highest BCUT2D eigenvalue weighted by Crippen LogP contribution is 2.34. The summed E-state index contributed by atoms with van der Waals surface area (Å²) in [7, 11) is 0. The van der Waals surface area contributed by atoms with E-state index in [0.29, 0.717) is 17.1 Å². The van der Waals surface area contributed by atoms with E-state index < -0.39 is 0 Å². The van der Waals surface area contributed by atoms with E-state index in [1.165, 1.54) is 17.3 Å². The van der Waals surface area contributed by atoms with Crippen LogP contribution in [0.3, 0.4) is 0 Å². The van der Waals surface area contributed by atoms with Gasteiger partial charge in [0.2, 0.25) is 0 Å². The van der Waals surface area contributed by atoms with Crippen molar-refractivity contribution in [3.05, 3.63) is 95.0 Å². The van der Waals surface area contributed by atoms with Gasteiger partial charge in [0.05, 0.1) is 23.7 Å². The van der Waals surface area contributed by atoms with Gasteiger partial charge in [-0.2, -0.15) is 5.26 Å². The summed E-state index contributed by atoms with van der Waals surface area (Å²) in [5.74, 6) is 0.681. The fourth-order valence-corrected chi connectivity index (χ4v) is 6.52. The number of rotatable bonds is 7. The van der Waals surface area contributed by atoms with E-state index >= 15 is 0 Å². The second-order valence-electron chi connectivity index (χ2n) is 7.55. The molecule has 0 bridgehead atoms. The van der Waals surface area contributed by atoms with Crippen LogP contribution < -0.4 is 15.4 Å². The van der Waals surface area contributed by atoms with Crippen LogP contribution in [0.25, 0.3) is 6.08 Å². The van der Waals surface area contributed by atoms with Crippen molar-refractivity contribution >= 4 is 74.6 Å². The highest BCUT2D eigenvalue weighted by Gasteiger charge is 2.27. The van der Waals surface area contributed by atoms with Gasteiger partial charge in [0.15, 0.2) is 5.50 Å². The maximum atomic E-state index is 12.5. The Hall–Kier alpha value is -2.23. The number of amides is 1. The zero-order valence-corrected chi connectivity index (χ0v) is 23.4. The van der Waals surface area contributed by atoms with E-state index in [0.717, 1.165) is 36.1 Å². The predicted octanol–water partition coefficient (Wildman–Crippen LogP) is 6.51. The Morgan fingerprint density at radius 3 is 2.53 bits per heavy atom. The summed E-state index contributed by atoms with van der Waals surface area (Å²) >= 11 is 5.96. The van der Waals surface area contributed by atoms with Crippen LogP contribution in [-0.4, -0.2) is 11.4 Å². The highest BCUT2D eigenvalue weighted by molar-refractivity contribution is 14.1. The Morgan fingerprint density at radius 2 is 1.85 bits per heavy atom. The third-order valence-electron chi connectivity index (χ3n) is 5.22. The van der Waals surface area contributed by atoms with Gasteiger partial charge in [-0.3, -0.25) is 4.79 Å². The summed E-state index contributed by atoms with van der Waals surface area (Å²) in [5.41, 5.74) is 4.43. The van der Waals surface area contributed by atoms with Crippen LogP contribution in [0.5, 0.6) is 5.75 Å². The monoisotopic (exact) mass is 693 g/mol. The number of benzene rings is 3. The second-order valence-corrected chi connectivity index (χ2v) is 11.0. The maximum Gasteiger partial charge on any atom is 0.260 e. The molecule has 34 heavy (non-hydrogen) atoms. The minimum Gasteiger partial charge on any atom is -0.487 e. The molecule has 0 aliphatic carbocycles. The normalized spacial score (nSPS) is 16.2. The summed E-state index contributed by atoms with van der Waals surface area (Å²) in [6.45, 7) is 2.45. The lowest BCUT2D eigenvalue weighted by Gasteiger charge is -2.13. The lowest BCUT2D eigenvalue weighted by atomic mass is 10.1. The van der Waals surface area contributed by atoms with E-state index in [-0.39, 0.29) is 11.4 Å². The van der Waals surface area contributed by atoms with Gasteiger partial charge in [-0.15, -0.1) is 0 Å². The molecule has 1 fully saturated rings. The number of hydrogen-bond acceptors (Lipinski definition) is 5. The third-order valence-corrected chi connectivity index (χ3v) is 7.85. The quantitative estimate of drug-likeness (QED) is 0.218.